The summed E-state index contributed by atoms with van der Waals surface area (Å²) in [5.74, 6) is 1.76. The zero-order valence-corrected chi connectivity index (χ0v) is 9.51. The predicted octanol–water partition coefficient (Wildman–Crippen LogP) is 0.394. The summed E-state index contributed by atoms with van der Waals surface area (Å²) in [6.45, 7) is 1.06. The number of hydrogen-bond acceptors (Lipinski definition) is 4. The van der Waals surface area contributed by atoms with Gasteiger partial charge in [0, 0.05) is 37.4 Å². The highest BCUT2D eigenvalue weighted by molar-refractivity contribution is 8.76. The molecule has 0 aromatic rings. The molecule has 0 aromatic heterocycles. The summed E-state index contributed by atoms with van der Waals surface area (Å²) in [4.78, 5) is 22.3. The summed E-state index contributed by atoms with van der Waals surface area (Å²) >= 11 is 0. The Bertz CT molecular complexity index is 190. The Morgan fingerprint density at radius 2 is 1.29 bits per heavy atom. The van der Waals surface area contributed by atoms with E-state index in [9.17, 15) is 9.59 Å². The van der Waals surface area contributed by atoms with Crippen LogP contribution in [0.15, 0.2) is 0 Å². The van der Waals surface area contributed by atoms with Crippen LogP contribution in [0, 0.1) is 0 Å². The van der Waals surface area contributed by atoms with Crippen molar-refractivity contribution >= 4 is 33.4 Å². The Morgan fingerprint density at radius 1 is 0.857 bits per heavy atom. The lowest BCUT2D eigenvalue weighted by molar-refractivity contribution is -0.122. The van der Waals surface area contributed by atoms with E-state index in [-0.39, 0.29) is 11.8 Å². The molecule has 1 heterocycles. The first-order chi connectivity index (χ1) is 6.79. The van der Waals surface area contributed by atoms with E-state index in [1.54, 1.807) is 21.6 Å². The van der Waals surface area contributed by atoms with Crippen LogP contribution in [0.1, 0.15) is 12.8 Å². The Hall–Kier alpha value is -0.360. The summed E-state index contributed by atoms with van der Waals surface area (Å²) in [5, 5.41) is 5.49. The molecule has 0 radical (unpaired) electrons. The van der Waals surface area contributed by atoms with Crippen LogP contribution in [0.5, 0.6) is 0 Å². The summed E-state index contributed by atoms with van der Waals surface area (Å²) in [6, 6.07) is 0. The summed E-state index contributed by atoms with van der Waals surface area (Å²) in [5.41, 5.74) is 0. The molecule has 0 spiro atoms. The van der Waals surface area contributed by atoms with E-state index in [1.165, 1.54) is 0 Å². The van der Waals surface area contributed by atoms with Gasteiger partial charge < -0.3 is 10.6 Å². The smallest absolute Gasteiger partial charge is 0.220 e. The van der Waals surface area contributed by atoms with Crippen molar-refractivity contribution < 1.29 is 9.59 Å². The van der Waals surface area contributed by atoms with Crippen molar-refractivity contribution in [1.82, 2.24) is 10.6 Å². The second-order valence-electron chi connectivity index (χ2n) is 2.84. The van der Waals surface area contributed by atoms with Gasteiger partial charge in [-0.05, 0) is 0 Å². The molecule has 0 aliphatic carbocycles. The predicted molar refractivity (Wildman–Crippen MR) is 60.2 cm³/mol. The molecule has 1 rings (SSSR count). The first-order valence-electron chi connectivity index (χ1n) is 4.57. The van der Waals surface area contributed by atoms with Gasteiger partial charge in [-0.15, -0.1) is 0 Å². The topological polar surface area (TPSA) is 58.2 Å². The molecule has 0 bridgehead atoms. The second-order valence-corrected chi connectivity index (χ2v) is 5.55. The van der Waals surface area contributed by atoms with Crippen molar-refractivity contribution in [2.45, 2.75) is 12.8 Å². The summed E-state index contributed by atoms with van der Waals surface area (Å²) < 4.78 is 0. The van der Waals surface area contributed by atoms with Crippen LogP contribution in [0.4, 0.5) is 0 Å². The maximum atomic E-state index is 11.1. The zero-order chi connectivity index (χ0) is 10.2. The maximum absolute atomic E-state index is 11.1. The monoisotopic (exact) mass is 234 g/mol. The van der Waals surface area contributed by atoms with Gasteiger partial charge in [-0.2, -0.15) is 0 Å². The fourth-order valence-corrected chi connectivity index (χ4v) is 2.95. The minimum atomic E-state index is 0.0629. The molecule has 2 N–H and O–H groups in total. The van der Waals surface area contributed by atoms with Crippen LogP contribution in [0.3, 0.4) is 0 Å². The molecule has 1 saturated heterocycles. The number of hydrogen-bond donors (Lipinski definition) is 2. The maximum Gasteiger partial charge on any atom is 0.220 e. The first kappa shape index (κ1) is 11.7. The minimum absolute atomic E-state index is 0.0629. The molecule has 0 saturated carbocycles. The second kappa shape index (κ2) is 7.00. The van der Waals surface area contributed by atoms with E-state index < -0.39 is 0 Å². The van der Waals surface area contributed by atoms with E-state index in [0.29, 0.717) is 25.9 Å². The Kier molecular flexibility index (Phi) is 5.86. The van der Waals surface area contributed by atoms with Crippen molar-refractivity contribution in [3.8, 4) is 0 Å². The molecule has 14 heavy (non-hydrogen) atoms. The van der Waals surface area contributed by atoms with Crippen molar-refractivity contribution in [3.63, 3.8) is 0 Å². The molecular weight excluding hydrogens is 220 g/mol. The third-order valence-electron chi connectivity index (χ3n) is 1.68. The largest absolute Gasteiger partial charge is 0.354 e. The zero-order valence-electron chi connectivity index (χ0n) is 7.88. The van der Waals surface area contributed by atoms with Crippen LogP contribution in [-0.4, -0.2) is 36.4 Å². The lowest BCUT2D eigenvalue weighted by Gasteiger charge is -2.08. The quantitative estimate of drug-likeness (QED) is 0.596. The van der Waals surface area contributed by atoms with E-state index >= 15 is 0 Å². The molecule has 1 fully saturated rings. The van der Waals surface area contributed by atoms with E-state index in [2.05, 4.69) is 10.6 Å². The Labute approximate surface area is 91.4 Å². The number of carbonyl (C=O) groups excluding carboxylic acids is 2. The standard InChI is InChI=1S/C8H14N2O2S2/c11-7-1-5-13-14-6-2-8(12)10-4-3-9-7/h1-6H2,(H,9,11)(H,10,12). The van der Waals surface area contributed by atoms with Gasteiger partial charge in [-0.3, -0.25) is 9.59 Å². The van der Waals surface area contributed by atoms with Gasteiger partial charge in [0.15, 0.2) is 0 Å². The van der Waals surface area contributed by atoms with Crippen molar-refractivity contribution in [2.24, 2.45) is 0 Å². The van der Waals surface area contributed by atoms with Crippen LogP contribution in [0.25, 0.3) is 0 Å². The van der Waals surface area contributed by atoms with Gasteiger partial charge in [0.1, 0.15) is 0 Å². The lowest BCUT2D eigenvalue weighted by Crippen LogP contribution is -2.35. The SMILES string of the molecule is O=C1CCSSCCC(=O)NCCN1. The lowest BCUT2D eigenvalue weighted by atomic mass is 10.4. The van der Waals surface area contributed by atoms with Gasteiger partial charge in [0.2, 0.25) is 11.8 Å². The molecule has 0 atom stereocenters. The molecule has 1 aliphatic rings. The van der Waals surface area contributed by atoms with E-state index in [0.717, 1.165) is 11.5 Å². The molecule has 6 heteroatoms. The Morgan fingerprint density at radius 3 is 1.71 bits per heavy atom. The molecule has 0 aromatic carbocycles. The molecular formula is C8H14N2O2S2. The van der Waals surface area contributed by atoms with Gasteiger partial charge in [-0.1, -0.05) is 21.6 Å². The van der Waals surface area contributed by atoms with Crippen LogP contribution in [0.2, 0.25) is 0 Å². The highest BCUT2D eigenvalue weighted by atomic mass is 33.1. The van der Waals surface area contributed by atoms with Crippen LogP contribution >= 0.6 is 21.6 Å². The average molecular weight is 234 g/mol. The van der Waals surface area contributed by atoms with Gasteiger partial charge >= 0.3 is 0 Å². The van der Waals surface area contributed by atoms with Crippen LogP contribution in [-0.2, 0) is 9.59 Å². The molecule has 80 valence electrons. The first-order valence-corrected chi connectivity index (χ1v) is 7.05. The molecule has 1 aliphatic heterocycles. The molecule has 2 amide bonds. The highest BCUT2D eigenvalue weighted by Gasteiger charge is 2.05. The third-order valence-corrected chi connectivity index (χ3v) is 4.09. The van der Waals surface area contributed by atoms with Crippen molar-refractivity contribution in [1.29, 1.82) is 0 Å². The number of rotatable bonds is 0. The normalized spacial score (nSPS) is 21.4. The van der Waals surface area contributed by atoms with Crippen LogP contribution < -0.4 is 10.6 Å². The fraction of sp³-hybridized carbons (Fsp3) is 0.750. The summed E-state index contributed by atoms with van der Waals surface area (Å²) in [6.07, 6.45) is 1.12. The minimum Gasteiger partial charge on any atom is -0.354 e. The highest BCUT2D eigenvalue weighted by Crippen LogP contribution is 2.22. The fourth-order valence-electron chi connectivity index (χ4n) is 0.967. The molecule has 4 nitrogen and oxygen atoms in total. The summed E-state index contributed by atoms with van der Waals surface area (Å²) in [7, 11) is 3.30. The van der Waals surface area contributed by atoms with E-state index in [1.807, 2.05) is 0 Å². The Balaban J connectivity index is 2.27. The average Bonchev–Trinajstić information content (AvgIpc) is 2.16. The number of carbonyl (C=O) groups is 2. The van der Waals surface area contributed by atoms with Crippen molar-refractivity contribution in [3.05, 3.63) is 0 Å². The third kappa shape index (κ3) is 5.39. The van der Waals surface area contributed by atoms with Crippen molar-refractivity contribution in [2.75, 3.05) is 24.6 Å². The number of nitrogens with one attached hydrogen (secondary N) is 2. The van der Waals surface area contributed by atoms with Gasteiger partial charge in [0.05, 0.1) is 0 Å². The molecule has 0 unspecified atom stereocenters. The number of amides is 2. The van der Waals surface area contributed by atoms with Gasteiger partial charge in [-0.25, -0.2) is 0 Å². The van der Waals surface area contributed by atoms with E-state index in [4.69, 9.17) is 0 Å². The van der Waals surface area contributed by atoms with Gasteiger partial charge in [0.25, 0.3) is 0 Å².